The molecule has 0 saturated carbocycles. The van der Waals surface area contributed by atoms with Gasteiger partial charge in [0.1, 0.15) is 11.6 Å². The minimum absolute atomic E-state index is 0. The summed E-state index contributed by atoms with van der Waals surface area (Å²) < 4.78 is 12.4. The lowest BCUT2D eigenvalue weighted by Crippen LogP contribution is -2.39. The van der Waals surface area contributed by atoms with E-state index in [9.17, 15) is 0 Å². The minimum atomic E-state index is 0. The summed E-state index contributed by atoms with van der Waals surface area (Å²) in [5, 5.41) is 14.7. The smallest absolute Gasteiger partial charge is 0.192 e. The summed E-state index contributed by atoms with van der Waals surface area (Å²) in [6.07, 6.45) is 0. The number of halogens is 1. The second-order valence-corrected chi connectivity index (χ2v) is 5.47. The number of benzene rings is 1. The molecule has 0 atom stereocenters. The number of nitrogens with zero attached hydrogens (tertiary/aromatic N) is 4. The van der Waals surface area contributed by atoms with Crippen LogP contribution in [-0.2, 0) is 24.9 Å². The Morgan fingerprint density at radius 1 is 1.19 bits per heavy atom. The summed E-state index contributed by atoms with van der Waals surface area (Å²) in [5.74, 6) is 3.22. The maximum atomic E-state index is 5.37. The van der Waals surface area contributed by atoms with Crippen molar-refractivity contribution in [2.24, 2.45) is 12.0 Å². The van der Waals surface area contributed by atoms with E-state index in [2.05, 4.69) is 25.8 Å². The Kier molecular flexibility index (Phi) is 9.96. The van der Waals surface area contributed by atoms with Crippen LogP contribution >= 0.6 is 24.0 Å². The molecule has 0 bridgehead atoms. The number of rotatable bonds is 8. The van der Waals surface area contributed by atoms with E-state index in [0.29, 0.717) is 32.2 Å². The second kappa shape index (κ2) is 11.7. The number of para-hydroxylation sites is 1. The van der Waals surface area contributed by atoms with Crippen molar-refractivity contribution in [2.45, 2.75) is 20.0 Å². The molecule has 2 rings (SSSR count). The second-order valence-electron chi connectivity index (χ2n) is 5.47. The number of guanidine groups is 1. The molecule has 9 heteroatoms. The predicted molar refractivity (Wildman–Crippen MR) is 112 cm³/mol. The highest BCUT2D eigenvalue weighted by Gasteiger charge is 2.07. The van der Waals surface area contributed by atoms with Crippen LogP contribution < -0.4 is 15.4 Å². The average molecular weight is 474 g/mol. The Morgan fingerprint density at radius 3 is 2.62 bits per heavy atom. The van der Waals surface area contributed by atoms with Crippen molar-refractivity contribution in [3.05, 3.63) is 41.5 Å². The van der Waals surface area contributed by atoms with Crippen molar-refractivity contribution in [1.82, 2.24) is 25.4 Å². The van der Waals surface area contributed by atoms with E-state index in [1.807, 2.05) is 42.8 Å². The van der Waals surface area contributed by atoms with Gasteiger partial charge in [0.25, 0.3) is 0 Å². The molecular weight excluding hydrogens is 447 g/mol. The van der Waals surface area contributed by atoms with Gasteiger partial charge in [-0.25, -0.2) is 4.99 Å². The Bertz CT molecular complexity index is 704. The highest BCUT2D eigenvalue weighted by atomic mass is 127. The van der Waals surface area contributed by atoms with Gasteiger partial charge < -0.3 is 24.7 Å². The van der Waals surface area contributed by atoms with Crippen LogP contribution in [0.2, 0.25) is 0 Å². The number of hydrogen-bond acceptors (Lipinski definition) is 5. The van der Waals surface area contributed by atoms with Gasteiger partial charge in [0, 0.05) is 26.3 Å². The third kappa shape index (κ3) is 6.45. The summed E-state index contributed by atoms with van der Waals surface area (Å²) >= 11 is 0. The fourth-order valence-corrected chi connectivity index (χ4v) is 2.21. The van der Waals surface area contributed by atoms with Gasteiger partial charge in [-0.05, 0) is 13.0 Å². The third-order valence-electron chi connectivity index (χ3n) is 3.80. The highest BCUT2D eigenvalue weighted by molar-refractivity contribution is 14.0. The topological polar surface area (TPSA) is 85.6 Å². The van der Waals surface area contributed by atoms with E-state index in [0.717, 1.165) is 23.0 Å². The SMILES string of the molecule is COCCNC(=NCc1ccccc1OC)NCc1nnc(C)n1C.I. The molecule has 2 N–H and O–H groups in total. The van der Waals surface area contributed by atoms with Crippen molar-refractivity contribution in [2.75, 3.05) is 27.4 Å². The molecule has 0 fully saturated rings. The van der Waals surface area contributed by atoms with Gasteiger partial charge in [0.15, 0.2) is 11.8 Å². The van der Waals surface area contributed by atoms with Crippen LogP contribution in [0.15, 0.2) is 29.3 Å². The van der Waals surface area contributed by atoms with Crippen molar-refractivity contribution < 1.29 is 9.47 Å². The van der Waals surface area contributed by atoms with Gasteiger partial charge in [-0.1, -0.05) is 18.2 Å². The quantitative estimate of drug-likeness (QED) is 0.262. The zero-order valence-corrected chi connectivity index (χ0v) is 18.0. The molecule has 2 aromatic rings. The van der Waals surface area contributed by atoms with E-state index >= 15 is 0 Å². The zero-order valence-electron chi connectivity index (χ0n) is 15.7. The average Bonchev–Trinajstić information content (AvgIpc) is 2.95. The summed E-state index contributed by atoms with van der Waals surface area (Å²) in [4.78, 5) is 4.63. The molecule has 0 aliphatic rings. The fraction of sp³-hybridized carbons (Fsp3) is 0.471. The first kappa shape index (κ1) is 22.2. The summed E-state index contributed by atoms with van der Waals surface area (Å²) in [6.45, 7) is 4.21. The molecule has 8 nitrogen and oxygen atoms in total. The fourth-order valence-electron chi connectivity index (χ4n) is 2.21. The molecule has 0 aliphatic heterocycles. The number of aromatic nitrogens is 3. The summed E-state index contributed by atoms with van der Waals surface area (Å²) in [6, 6.07) is 7.85. The van der Waals surface area contributed by atoms with E-state index in [1.54, 1.807) is 14.2 Å². The normalized spacial score (nSPS) is 11.0. The number of nitrogens with one attached hydrogen (secondary N) is 2. The van der Waals surface area contributed by atoms with Crippen LogP contribution in [0.25, 0.3) is 0 Å². The first-order valence-electron chi connectivity index (χ1n) is 8.13. The molecule has 0 amide bonds. The number of aliphatic imine (C=N–C) groups is 1. The van der Waals surface area contributed by atoms with Crippen LogP contribution in [-0.4, -0.2) is 48.1 Å². The maximum absolute atomic E-state index is 5.37. The van der Waals surface area contributed by atoms with Gasteiger partial charge in [-0.3, -0.25) is 0 Å². The van der Waals surface area contributed by atoms with E-state index in [-0.39, 0.29) is 24.0 Å². The van der Waals surface area contributed by atoms with E-state index < -0.39 is 0 Å². The third-order valence-corrected chi connectivity index (χ3v) is 3.80. The largest absolute Gasteiger partial charge is 0.496 e. The van der Waals surface area contributed by atoms with Gasteiger partial charge >= 0.3 is 0 Å². The summed E-state index contributed by atoms with van der Waals surface area (Å²) in [5.41, 5.74) is 1.02. The Labute approximate surface area is 171 Å². The van der Waals surface area contributed by atoms with Crippen molar-refractivity contribution in [3.8, 4) is 5.75 Å². The molecule has 144 valence electrons. The zero-order chi connectivity index (χ0) is 18.1. The number of ether oxygens (including phenoxy) is 2. The van der Waals surface area contributed by atoms with Crippen LogP contribution in [0, 0.1) is 6.92 Å². The van der Waals surface area contributed by atoms with E-state index in [1.165, 1.54) is 0 Å². The predicted octanol–water partition coefficient (Wildman–Crippen LogP) is 1.63. The lowest BCUT2D eigenvalue weighted by molar-refractivity contribution is 0.203. The molecule has 0 saturated heterocycles. The standard InChI is InChI=1S/C17H26N6O2.HI/c1-13-21-22-16(23(13)2)12-20-17(18-9-10-24-3)19-11-14-7-5-6-8-15(14)25-4;/h5-8H,9-12H2,1-4H3,(H2,18,19,20);1H. The van der Waals surface area contributed by atoms with Crippen molar-refractivity contribution in [1.29, 1.82) is 0 Å². The monoisotopic (exact) mass is 474 g/mol. The maximum Gasteiger partial charge on any atom is 0.192 e. The molecule has 0 spiro atoms. The Morgan fingerprint density at radius 2 is 1.96 bits per heavy atom. The number of methoxy groups -OCH3 is 2. The van der Waals surface area contributed by atoms with Crippen molar-refractivity contribution >= 4 is 29.9 Å². The van der Waals surface area contributed by atoms with Gasteiger partial charge in [0.2, 0.25) is 0 Å². The molecular formula is C17H27IN6O2. The summed E-state index contributed by atoms with van der Waals surface area (Å²) in [7, 11) is 5.27. The lowest BCUT2D eigenvalue weighted by Gasteiger charge is -2.13. The Balaban J connectivity index is 0.00000338. The van der Waals surface area contributed by atoms with Crippen molar-refractivity contribution in [3.63, 3.8) is 0 Å². The first-order chi connectivity index (χ1) is 12.2. The van der Waals surface area contributed by atoms with Crippen LogP contribution in [0.1, 0.15) is 17.2 Å². The van der Waals surface area contributed by atoms with Crippen LogP contribution in [0.5, 0.6) is 5.75 Å². The molecule has 26 heavy (non-hydrogen) atoms. The van der Waals surface area contributed by atoms with Gasteiger partial charge in [0.05, 0.1) is 26.8 Å². The number of hydrogen-bond donors (Lipinski definition) is 2. The van der Waals surface area contributed by atoms with E-state index in [4.69, 9.17) is 9.47 Å². The van der Waals surface area contributed by atoms with Gasteiger partial charge in [-0.15, -0.1) is 34.2 Å². The minimum Gasteiger partial charge on any atom is -0.496 e. The van der Waals surface area contributed by atoms with Crippen LogP contribution in [0.3, 0.4) is 0 Å². The Hall–Kier alpha value is -1.88. The highest BCUT2D eigenvalue weighted by Crippen LogP contribution is 2.17. The molecule has 1 aromatic carbocycles. The number of aryl methyl sites for hydroxylation is 1. The van der Waals surface area contributed by atoms with Gasteiger partial charge in [-0.2, -0.15) is 0 Å². The molecule has 0 radical (unpaired) electrons. The molecule has 1 heterocycles. The molecule has 0 unspecified atom stereocenters. The molecule has 0 aliphatic carbocycles. The molecule has 1 aromatic heterocycles. The lowest BCUT2D eigenvalue weighted by atomic mass is 10.2. The first-order valence-corrected chi connectivity index (χ1v) is 8.13. The van der Waals surface area contributed by atoms with Crippen LogP contribution in [0.4, 0.5) is 0 Å².